The summed E-state index contributed by atoms with van der Waals surface area (Å²) in [6.45, 7) is 5.06. The number of likely N-dealkylation sites (tertiary alicyclic amines) is 1. The van der Waals surface area contributed by atoms with E-state index < -0.39 is 12.1 Å². The largest absolute Gasteiger partial charge is 0.448 e. The third-order valence-corrected chi connectivity index (χ3v) is 3.87. The Hall–Kier alpha value is -2.37. The van der Waals surface area contributed by atoms with Gasteiger partial charge in [0.1, 0.15) is 5.65 Å². The van der Waals surface area contributed by atoms with Gasteiger partial charge < -0.3 is 14.0 Å². The zero-order valence-electron chi connectivity index (χ0n) is 12.8. The lowest BCUT2D eigenvalue weighted by Gasteiger charge is -2.19. The number of rotatable bonds is 3. The van der Waals surface area contributed by atoms with Crippen molar-refractivity contribution in [3.05, 3.63) is 35.8 Å². The van der Waals surface area contributed by atoms with Gasteiger partial charge in [-0.05, 0) is 44.4 Å². The van der Waals surface area contributed by atoms with Gasteiger partial charge in [-0.1, -0.05) is 0 Å². The zero-order valence-corrected chi connectivity index (χ0v) is 12.8. The summed E-state index contributed by atoms with van der Waals surface area (Å²) in [6.07, 6.45) is 4.70. The predicted octanol–water partition coefficient (Wildman–Crippen LogP) is 1.81. The SMILES string of the molecule is Cc1ccn2cc(C(=O)OC(C)C(=O)N3CCCC3)nc2c1. The topological polar surface area (TPSA) is 63.9 Å². The van der Waals surface area contributed by atoms with E-state index in [0.29, 0.717) is 5.65 Å². The number of amides is 1. The normalized spacial score (nSPS) is 16.0. The first-order valence-electron chi connectivity index (χ1n) is 7.50. The second kappa shape index (κ2) is 5.79. The molecule has 22 heavy (non-hydrogen) atoms. The van der Waals surface area contributed by atoms with E-state index in [1.54, 1.807) is 22.4 Å². The standard InChI is InChI=1S/C16H19N3O3/c1-11-5-8-19-10-13(17-14(19)9-11)16(21)22-12(2)15(20)18-6-3-4-7-18/h5,8-10,12H,3-4,6-7H2,1-2H3. The highest BCUT2D eigenvalue weighted by molar-refractivity contribution is 5.91. The molecule has 0 N–H and O–H groups in total. The highest BCUT2D eigenvalue weighted by Crippen LogP contribution is 2.13. The number of hydrogen-bond acceptors (Lipinski definition) is 4. The molecule has 1 aliphatic rings. The van der Waals surface area contributed by atoms with Gasteiger partial charge in [-0.15, -0.1) is 0 Å². The number of nitrogens with zero attached hydrogens (tertiary/aromatic N) is 3. The molecule has 1 fully saturated rings. The highest BCUT2D eigenvalue weighted by Gasteiger charge is 2.27. The van der Waals surface area contributed by atoms with Crippen molar-refractivity contribution in [3.63, 3.8) is 0 Å². The van der Waals surface area contributed by atoms with Gasteiger partial charge in [-0.2, -0.15) is 0 Å². The third kappa shape index (κ3) is 2.81. The van der Waals surface area contributed by atoms with Crippen molar-refractivity contribution in [1.82, 2.24) is 14.3 Å². The van der Waals surface area contributed by atoms with Crippen LogP contribution in [0.5, 0.6) is 0 Å². The first-order valence-corrected chi connectivity index (χ1v) is 7.50. The van der Waals surface area contributed by atoms with Crippen LogP contribution in [0.15, 0.2) is 24.5 Å². The van der Waals surface area contributed by atoms with Crippen LogP contribution in [0.2, 0.25) is 0 Å². The average molecular weight is 301 g/mol. The minimum atomic E-state index is -0.780. The van der Waals surface area contributed by atoms with E-state index >= 15 is 0 Å². The number of ether oxygens (including phenoxy) is 1. The third-order valence-electron chi connectivity index (χ3n) is 3.87. The minimum absolute atomic E-state index is 0.134. The maximum atomic E-state index is 12.2. The molecule has 0 aliphatic carbocycles. The fourth-order valence-electron chi connectivity index (χ4n) is 2.65. The van der Waals surface area contributed by atoms with E-state index in [1.165, 1.54) is 0 Å². The lowest BCUT2D eigenvalue weighted by molar-refractivity contribution is -0.138. The first kappa shape index (κ1) is 14.6. The molecule has 0 saturated carbocycles. The maximum absolute atomic E-state index is 12.2. The fraction of sp³-hybridized carbons (Fsp3) is 0.438. The average Bonchev–Trinajstić information content (AvgIpc) is 3.14. The molecule has 0 bridgehead atoms. The number of carbonyl (C=O) groups excluding carboxylic acids is 2. The van der Waals surface area contributed by atoms with Gasteiger partial charge >= 0.3 is 5.97 Å². The molecular weight excluding hydrogens is 282 g/mol. The van der Waals surface area contributed by atoms with Crippen LogP contribution in [-0.4, -0.2) is 45.4 Å². The molecule has 0 spiro atoms. The van der Waals surface area contributed by atoms with Crippen LogP contribution in [-0.2, 0) is 9.53 Å². The Morgan fingerprint density at radius 1 is 1.32 bits per heavy atom. The number of fused-ring (bicyclic) bond motifs is 1. The molecule has 1 aliphatic heterocycles. The lowest BCUT2D eigenvalue weighted by Crippen LogP contribution is -2.38. The fourth-order valence-corrected chi connectivity index (χ4v) is 2.65. The van der Waals surface area contributed by atoms with Crippen molar-refractivity contribution >= 4 is 17.5 Å². The molecule has 0 aromatic carbocycles. The van der Waals surface area contributed by atoms with Crippen molar-refractivity contribution < 1.29 is 14.3 Å². The Kier molecular flexibility index (Phi) is 3.83. The van der Waals surface area contributed by atoms with Crippen LogP contribution in [0.3, 0.4) is 0 Å². The number of hydrogen-bond donors (Lipinski definition) is 0. The molecule has 1 atom stereocenters. The Balaban J connectivity index is 1.70. The van der Waals surface area contributed by atoms with Crippen molar-refractivity contribution in [2.45, 2.75) is 32.8 Å². The van der Waals surface area contributed by atoms with Crippen molar-refractivity contribution in [1.29, 1.82) is 0 Å². The number of esters is 1. The van der Waals surface area contributed by atoms with E-state index in [0.717, 1.165) is 31.5 Å². The van der Waals surface area contributed by atoms with Crippen molar-refractivity contribution in [3.8, 4) is 0 Å². The summed E-state index contributed by atoms with van der Waals surface area (Å²) in [5.74, 6) is -0.702. The molecule has 0 radical (unpaired) electrons. The van der Waals surface area contributed by atoms with E-state index in [4.69, 9.17) is 4.74 Å². The summed E-state index contributed by atoms with van der Waals surface area (Å²) in [5.41, 5.74) is 1.97. The number of aromatic nitrogens is 2. The number of imidazole rings is 1. The Labute approximate surface area is 128 Å². The van der Waals surface area contributed by atoms with Gasteiger partial charge in [-0.3, -0.25) is 4.79 Å². The summed E-state index contributed by atoms with van der Waals surface area (Å²) in [4.78, 5) is 30.3. The molecule has 3 heterocycles. The van der Waals surface area contributed by atoms with E-state index in [-0.39, 0.29) is 11.6 Å². The molecule has 1 saturated heterocycles. The maximum Gasteiger partial charge on any atom is 0.359 e. The van der Waals surface area contributed by atoms with Crippen LogP contribution in [0.25, 0.3) is 5.65 Å². The lowest BCUT2D eigenvalue weighted by atomic mass is 10.3. The first-order chi connectivity index (χ1) is 10.5. The molecule has 3 rings (SSSR count). The smallest absolute Gasteiger partial charge is 0.359 e. The molecule has 1 amide bonds. The van der Waals surface area contributed by atoms with Gasteiger partial charge in [0.15, 0.2) is 11.8 Å². The van der Waals surface area contributed by atoms with Crippen molar-refractivity contribution in [2.24, 2.45) is 0 Å². The molecule has 2 aromatic rings. The number of aryl methyl sites for hydroxylation is 1. The molecule has 6 heteroatoms. The van der Waals surface area contributed by atoms with E-state index in [2.05, 4.69) is 4.98 Å². The van der Waals surface area contributed by atoms with Gasteiger partial charge in [0.25, 0.3) is 5.91 Å². The zero-order chi connectivity index (χ0) is 15.7. The second-order valence-corrected chi connectivity index (χ2v) is 5.68. The van der Waals surface area contributed by atoms with E-state index in [9.17, 15) is 9.59 Å². The van der Waals surface area contributed by atoms with Crippen LogP contribution in [0, 0.1) is 6.92 Å². The quantitative estimate of drug-likeness (QED) is 0.811. The monoisotopic (exact) mass is 301 g/mol. The summed E-state index contributed by atoms with van der Waals surface area (Å²) in [6, 6.07) is 3.82. The van der Waals surface area contributed by atoms with Crippen LogP contribution in [0.1, 0.15) is 35.8 Å². The summed E-state index contributed by atoms with van der Waals surface area (Å²) >= 11 is 0. The highest BCUT2D eigenvalue weighted by atomic mass is 16.5. The Bertz CT molecular complexity index is 716. The molecule has 2 aromatic heterocycles. The predicted molar refractivity (Wildman–Crippen MR) is 80.6 cm³/mol. The Morgan fingerprint density at radius 3 is 2.77 bits per heavy atom. The van der Waals surface area contributed by atoms with Gasteiger partial charge in [-0.25, -0.2) is 9.78 Å². The summed E-state index contributed by atoms with van der Waals surface area (Å²) in [5, 5.41) is 0. The number of carbonyl (C=O) groups is 2. The van der Waals surface area contributed by atoms with Gasteiger partial charge in [0.05, 0.1) is 0 Å². The molecule has 6 nitrogen and oxygen atoms in total. The molecular formula is C16H19N3O3. The van der Waals surface area contributed by atoms with Crippen LogP contribution in [0.4, 0.5) is 0 Å². The van der Waals surface area contributed by atoms with Gasteiger partial charge in [0, 0.05) is 25.5 Å². The molecule has 116 valence electrons. The van der Waals surface area contributed by atoms with Crippen LogP contribution >= 0.6 is 0 Å². The van der Waals surface area contributed by atoms with Gasteiger partial charge in [0.2, 0.25) is 0 Å². The van der Waals surface area contributed by atoms with Crippen molar-refractivity contribution in [2.75, 3.05) is 13.1 Å². The summed E-state index contributed by atoms with van der Waals surface area (Å²) < 4.78 is 7.02. The number of pyridine rings is 1. The minimum Gasteiger partial charge on any atom is -0.448 e. The second-order valence-electron chi connectivity index (χ2n) is 5.68. The Morgan fingerprint density at radius 2 is 2.05 bits per heavy atom. The van der Waals surface area contributed by atoms with Crippen LogP contribution < -0.4 is 0 Å². The van der Waals surface area contributed by atoms with E-state index in [1.807, 2.05) is 25.3 Å². The molecule has 1 unspecified atom stereocenters. The summed E-state index contributed by atoms with van der Waals surface area (Å²) in [7, 11) is 0.